The third kappa shape index (κ3) is 7.25. The minimum Gasteiger partial charge on any atom is -0.379 e. The fraction of sp³-hybridized carbons (Fsp3) is 0.281. The van der Waals surface area contributed by atoms with E-state index in [-0.39, 0.29) is 18.4 Å². The van der Waals surface area contributed by atoms with E-state index in [1.54, 1.807) is 0 Å². The second-order valence-corrected chi connectivity index (χ2v) is 10.3. The molecule has 1 N–H and O–H groups in total. The molecule has 5 rings (SSSR count). The Balaban J connectivity index is 1.38. The number of ether oxygens (including phenoxy) is 1. The zero-order valence-electron chi connectivity index (χ0n) is 23.3. The van der Waals surface area contributed by atoms with Crippen molar-refractivity contribution in [2.75, 3.05) is 51.3 Å². The average molecular weight is 556 g/mol. The van der Waals surface area contributed by atoms with Gasteiger partial charge in [-0.15, -0.1) is 0 Å². The van der Waals surface area contributed by atoms with Gasteiger partial charge in [0.15, 0.2) is 0 Å². The summed E-state index contributed by atoms with van der Waals surface area (Å²) in [4.78, 5) is 35.3. The summed E-state index contributed by atoms with van der Waals surface area (Å²) in [6.07, 6.45) is 1.89. The molecule has 41 heavy (non-hydrogen) atoms. The van der Waals surface area contributed by atoms with Crippen LogP contribution in [0.15, 0.2) is 79.0 Å². The van der Waals surface area contributed by atoms with Crippen LogP contribution in [0.3, 0.4) is 0 Å². The van der Waals surface area contributed by atoms with Crippen LogP contribution in [-0.4, -0.2) is 77.1 Å². The molecule has 0 unspecified atom stereocenters. The Morgan fingerprint density at radius 3 is 2.22 bits per heavy atom. The Hall–Kier alpha value is -4.34. The highest BCUT2D eigenvalue weighted by Gasteiger charge is 2.22. The molecule has 0 aliphatic carbocycles. The molecular formula is C32H34FN5O3. The lowest BCUT2D eigenvalue weighted by atomic mass is 10.1. The summed E-state index contributed by atoms with van der Waals surface area (Å²) in [6, 6.07) is 21.4. The molecule has 1 aliphatic rings. The van der Waals surface area contributed by atoms with Crippen molar-refractivity contribution >= 4 is 17.8 Å². The van der Waals surface area contributed by atoms with E-state index in [4.69, 9.17) is 9.72 Å². The molecule has 0 bridgehead atoms. The van der Waals surface area contributed by atoms with Gasteiger partial charge >= 0.3 is 0 Å². The number of halogens is 1. The van der Waals surface area contributed by atoms with Crippen molar-refractivity contribution < 1.29 is 18.7 Å². The molecule has 9 heteroatoms. The molecule has 0 atom stereocenters. The van der Waals surface area contributed by atoms with Crippen LogP contribution in [0.1, 0.15) is 21.5 Å². The third-order valence-corrected chi connectivity index (χ3v) is 7.12. The van der Waals surface area contributed by atoms with Gasteiger partial charge in [0.1, 0.15) is 12.4 Å². The number of benzene rings is 3. The maximum Gasteiger partial charge on any atom is 0.254 e. The van der Waals surface area contributed by atoms with Crippen LogP contribution in [-0.2, 0) is 9.53 Å². The number of carbonyl (C=O) groups excluding carboxylic acids is 2. The number of aryl methyl sites for hydroxylation is 2. The van der Waals surface area contributed by atoms with Crippen LogP contribution in [0.4, 0.5) is 10.3 Å². The van der Waals surface area contributed by atoms with Crippen molar-refractivity contribution in [1.29, 1.82) is 0 Å². The monoisotopic (exact) mass is 555 g/mol. The number of nitrogens with zero attached hydrogens (tertiary/aromatic N) is 4. The van der Waals surface area contributed by atoms with Crippen molar-refractivity contribution in [2.24, 2.45) is 0 Å². The van der Waals surface area contributed by atoms with Gasteiger partial charge in [-0.25, -0.2) is 9.37 Å². The van der Waals surface area contributed by atoms with Crippen molar-refractivity contribution in [3.05, 3.63) is 102 Å². The Morgan fingerprint density at radius 1 is 0.927 bits per heavy atom. The minimum atomic E-state index is -0.425. The van der Waals surface area contributed by atoms with Crippen LogP contribution >= 0.6 is 0 Å². The Morgan fingerprint density at radius 2 is 1.56 bits per heavy atom. The number of imidazole rings is 1. The standard InChI is InChI=1S/C32H34FN5O3/c1-23-3-7-25(8-4-23)29-21-38(28-13-5-24(2)6-14-28)32(34-29)35-30(39)22-37(16-15-36-17-19-41-20-18-36)31(40)26-9-11-27(33)12-10-26/h3-14,21H,15-20,22H2,1-2H3,(H,34,35,39). The summed E-state index contributed by atoms with van der Waals surface area (Å²) in [6.45, 7) is 7.60. The van der Waals surface area contributed by atoms with Gasteiger partial charge in [0.25, 0.3) is 5.91 Å². The first-order valence-corrected chi connectivity index (χ1v) is 13.7. The Labute approximate surface area is 239 Å². The fourth-order valence-electron chi connectivity index (χ4n) is 4.69. The molecular weight excluding hydrogens is 521 g/mol. The molecule has 4 aromatic rings. The molecule has 0 radical (unpaired) electrons. The number of morpholine rings is 1. The van der Waals surface area contributed by atoms with E-state index >= 15 is 0 Å². The summed E-state index contributed by atoms with van der Waals surface area (Å²) in [5.74, 6) is -0.782. The first-order chi connectivity index (χ1) is 19.9. The predicted octanol–water partition coefficient (Wildman–Crippen LogP) is 4.71. The van der Waals surface area contributed by atoms with Gasteiger partial charge in [0, 0.05) is 49.2 Å². The van der Waals surface area contributed by atoms with Crippen LogP contribution in [0.2, 0.25) is 0 Å². The lowest BCUT2D eigenvalue weighted by molar-refractivity contribution is -0.117. The highest BCUT2D eigenvalue weighted by Crippen LogP contribution is 2.25. The number of carbonyl (C=O) groups is 2. The van der Waals surface area contributed by atoms with Gasteiger partial charge in [-0.1, -0.05) is 47.5 Å². The van der Waals surface area contributed by atoms with Gasteiger partial charge in [-0.3, -0.25) is 24.4 Å². The van der Waals surface area contributed by atoms with E-state index in [1.165, 1.54) is 29.2 Å². The average Bonchev–Trinajstić information content (AvgIpc) is 3.40. The van der Waals surface area contributed by atoms with Crippen LogP contribution in [0.5, 0.6) is 0 Å². The van der Waals surface area contributed by atoms with Crippen LogP contribution < -0.4 is 5.32 Å². The molecule has 1 saturated heterocycles. The van der Waals surface area contributed by atoms with Crippen molar-refractivity contribution in [3.63, 3.8) is 0 Å². The maximum atomic E-state index is 13.5. The van der Waals surface area contributed by atoms with Gasteiger partial charge in [-0.05, 0) is 50.2 Å². The maximum absolute atomic E-state index is 13.5. The molecule has 2 amide bonds. The molecule has 1 aliphatic heterocycles. The van der Waals surface area contributed by atoms with Crippen molar-refractivity contribution in [2.45, 2.75) is 13.8 Å². The third-order valence-electron chi connectivity index (χ3n) is 7.12. The second-order valence-electron chi connectivity index (χ2n) is 10.3. The lowest BCUT2D eigenvalue weighted by Crippen LogP contribution is -2.45. The number of aromatic nitrogens is 2. The predicted molar refractivity (Wildman–Crippen MR) is 157 cm³/mol. The number of amides is 2. The minimum absolute atomic E-state index is 0.179. The Kier molecular flexibility index (Phi) is 8.86. The summed E-state index contributed by atoms with van der Waals surface area (Å²) >= 11 is 0. The van der Waals surface area contributed by atoms with Gasteiger partial charge in [0.05, 0.1) is 18.9 Å². The summed E-state index contributed by atoms with van der Waals surface area (Å²) in [5.41, 5.74) is 5.08. The highest BCUT2D eigenvalue weighted by atomic mass is 19.1. The molecule has 8 nitrogen and oxygen atoms in total. The first-order valence-electron chi connectivity index (χ1n) is 13.7. The number of nitrogens with one attached hydrogen (secondary N) is 1. The zero-order valence-corrected chi connectivity index (χ0v) is 23.3. The van der Waals surface area contributed by atoms with E-state index in [9.17, 15) is 14.0 Å². The number of anilines is 1. The van der Waals surface area contributed by atoms with Gasteiger partial charge in [0.2, 0.25) is 11.9 Å². The van der Waals surface area contributed by atoms with E-state index < -0.39 is 5.82 Å². The topological polar surface area (TPSA) is 79.7 Å². The van der Waals surface area contributed by atoms with Crippen molar-refractivity contribution in [1.82, 2.24) is 19.4 Å². The first kappa shape index (κ1) is 28.2. The van der Waals surface area contributed by atoms with Crippen LogP contribution in [0.25, 0.3) is 16.9 Å². The lowest BCUT2D eigenvalue weighted by Gasteiger charge is -2.30. The zero-order chi connectivity index (χ0) is 28.8. The number of hydrogen-bond donors (Lipinski definition) is 1. The molecule has 0 spiro atoms. The van der Waals surface area contributed by atoms with Gasteiger partial charge < -0.3 is 9.64 Å². The molecule has 2 heterocycles. The molecule has 1 aromatic heterocycles. The fourth-order valence-corrected chi connectivity index (χ4v) is 4.69. The largest absolute Gasteiger partial charge is 0.379 e. The summed E-state index contributed by atoms with van der Waals surface area (Å²) in [5, 5.41) is 2.93. The summed E-state index contributed by atoms with van der Waals surface area (Å²) in [7, 11) is 0. The van der Waals surface area contributed by atoms with Gasteiger partial charge in [-0.2, -0.15) is 0 Å². The smallest absolute Gasteiger partial charge is 0.254 e. The van der Waals surface area contributed by atoms with E-state index in [1.807, 2.05) is 73.1 Å². The van der Waals surface area contributed by atoms with Crippen molar-refractivity contribution in [3.8, 4) is 16.9 Å². The SMILES string of the molecule is Cc1ccc(-c2cn(-c3ccc(C)cc3)c(NC(=O)CN(CCN3CCOCC3)C(=O)c3ccc(F)cc3)n2)cc1. The molecule has 0 saturated carbocycles. The van der Waals surface area contributed by atoms with Crippen LogP contribution in [0, 0.1) is 19.7 Å². The molecule has 3 aromatic carbocycles. The quantitative estimate of drug-likeness (QED) is 0.324. The second kappa shape index (κ2) is 12.9. The number of hydrogen-bond acceptors (Lipinski definition) is 5. The van der Waals surface area contributed by atoms with E-state index in [2.05, 4.69) is 10.2 Å². The Bertz CT molecular complexity index is 1480. The summed E-state index contributed by atoms with van der Waals surface area (Å²) < 4.78 is 20.8. The molecule has 1 fully saturated rings. The van der Waals surface area contributed by atoms with E-state index in [0.717, 1.165) is 35.5 Å². The normalized spacial score (nSPS) is 13.6. The number of rotatable bonds is 9. The molecule has 212 valence electrons. The highest BCUT2D eigenvalue weighted by molar-refractivity contribution is 5.99. The van der Waals surface area contributed by atoms with E-state index in [0.29, 0.717) is 43.5 Å².